The molecule has 1 atom stereocenters. The maximum absolute atomic E-state index is 11.0. The Kier molecular flexibility index (Phi) is 7.77. The molecule has 0 spiro atoms. The van der Waals surface area contributed by atoms with Crippen molar-refractivity contribution in [2.45, 2.75) is 51.9 Å². The quantitative estimate of drug-likeness (QED) is 0.448. The fourth-order valence-corrected chi connectivity index (χ4v) is 2.96. The molecule has 1 rings (SSSR count). The lowest BCUT2D eigenvalue weighted by Crippen LogP contribution is -2.57. The van der Waals surface area contributed by atoms with Crippen LogP contribution in [0.3, 0.4) is 0 Å². The van der Waals surface area contributed by atoms with E-state index in [0.717, 1.165) is 18.7 Å². The number of carbonyl (C=O) groups is 1. The van der Waals surface area contributed by atoms with E-state index in [9.17, 15) is 15.0 Å². The molecule has 0 fully saturated rings. The normalized spacial score (nSPS) is 22.0. The van der Waals surface area contributed by atoms with Crippen LogP contribution in [-0.4, -0.2) is 54.2 Å². The van der Waals surface area contributed by atoms with Crippen molar-refractivity contribution < 1.29 is 19.5 Å². The van der Waals surface area contributed by atoms with Crippen LogP contribution in [0.25, 0.3) is 0 Å². The van der Waals surface area contributed by atoms with E-state index < -0.39 is 5.97 Å². The van der Waals surface area contributed by atoms with Crippen molar-refractivity contribution in [1.82, 2.24) is 0 Å². The first-order chi connectivity index (χ1) is 9.64. The minimum Gasteiger partial charge on any atom is -0.544 e. The molecule has 0 aliphatic carbocycles. The first-order valence-corrected chi connectivity index (χ1v) is 7.85. The Hall–Kier alpha value is -0.940. The van der Waals surface area contributed by atoms with Crippen molar-refractivity contribution in [1.29, 1.82) is 0 Å². The van der Waals surface area contributed by atoms with Crippen molar-refractivity contribution in [2.75, 3.05) is 32.8 Å². The molecule has 20 heavy (non-hydrogen) atoms. The summed E-state index contributed by atoms with van der Waals surface area (Å²) < 4.78 is 0.299. The van der Waals surface area contributed by atoms with Crippen LogP contribution in [-0.2, 0) is 4.79 Å². The third-order valence-electron chi connectivity index (χ3n) is 4.08. The van der Waals surface area contributed by atoms with Gasteiger partial charge < -0.3 is 15.0 Å². The summed E-state index contributed by atoms with van der Waals surface area (Å²) in [5, 5.41) is 20.2. The molecule has 0 aromatic carbocycles. The molecule has 0 bridgehead atoms. The molecular weight excluding hydrogens is 256 g/mol. The van der Waals surface area contributed by atoms with E-state index in [2.05, 4.69) is 11.9 Å². The smallest absolute Gasteiger partial charge is 0.198 e. The second-order valence-corrected chi connectivity index (χ2v) is 5.66. The van der Waals surface area contributed by atoms with Gasteiger partial charge in [-0.05, 0) is 6.42 Å². The molecule has 1 aliphatic heterocycles. The molecule has 1 aliphatic rings. The van der Waals surface area contributed by atoms with Gasteiger partial charge in [0.1, 0.15) is 19.6 Å². The van der Waals surface area contributed by atoms with Crippen molar-refractivity contribution in [3.8, 4) is 0 Å². The van der Waals surface area contributed by atoms with E-state index in [-0.39, 0.29) is 13.2 Å². The molecule has 5 heteroatoms. The molecule has 0 aromatic rings. The molecule has 0 amide bonds. The molecule has 1 unspecified atom stereocenters. The van der Waals surface area contributed by atoms with Gasteiger partial charge in [-0.3, -0.25) is 4.48 Å². The number of hydrogen-bond donors (Lipinski definition) is 1. The van der Waals surface area contributed by atoms with Crippen LogP contribution < -0.4 is 5.11 Å². The van der Waals surface area contributed by atoms with Gasteiger partial charge in [-0.15, -0.1) is 0 Å². The van der Waals surface area contributed by atoms with E-state index in [0.29, 0.717) is 24.1 Å². The maximum atomic E-state index is 11.0. The highest BCUT2D eigenvalue weighted by atomic mass is 16.4. The Labute approximate surface area is 121 Å². The van der Waals surface area contributed by atoms with Gasteiger partial charge in [0.05, 0.1) is 19.1 Å². The number of unbranched alkanes of at least 4 members (excludes halogenated alkanes) is 5. The third-order valence-corrected chi connectivity index (χ3v) is 4.08. The van der Waals surface area contributed by atoms with Crippen LogP contribution in [0.5, 0.6) is 0 Å². The second-order valence-electron chi connectivity index (χ2n) is 5.66. The number of aliphatic imine (C=N–C) groups is 1. The highest BCUT2D eigenvalue weighted by Gasteiger charge is 2.37. The van der Waals surface area contributed by atoms with Gasteiger partial charge in [-0.1, -0.05) is 39.0 Å². The number of carboxylic acids is 1. The first kappa shape index (κ1) is 17.1. The standard InChI is InChI=1S/C15H28N2O3/c1-2-3-4-5-6-7-8-14-16-9-10-17(14,11-12-18)13-15(19)20/h18H,2-13H2,1H3. The molecule has 0 saturated heterocycles. The molecule has 5 nitrogen and oxygen atoms in total. The summed E-state index contributed by atoms with van der Waals surface area (Å²) in [6.07, 6.45) is 8.12. The number of aliphatic hydroxyl groups excluding tert-OH is 1. The lowest BCUT2D eigenvalue weighted by molar-refractivity contribution is -0.831. The largest absolute Gasteiger partial charge is 0.544 e. The summed E-state index contributed by atoms with van der Waals surface area (Å²) in [5.41, 5.74) is 0. The second kappa shape index (κ2) is 9.08. The number of aliphatic carboxylic acids is 1. The number of aliphatic hydroxyl groups is 1. The van der Waals surface area contributed by atoms with Crippen LogP contribution in [0.2, 0.25) is 0 Å². The molecule has 1 heterocycles. The SMILES string of the molecule is CCCCCCCCC1=NCC[N+]1(CCO)CC(=O)[O-]. The summed E-state index contributed by atoms with van der Waals surface area (Å²) in [6, 6.07) is 0. The maximum Gasteiger partial charge on any atom is 0.198 e. The number of carbonyl (C=O) groups excluding carboxylic acids is 1. The van der Waals surface area contributed by atoms with Crippen LogP contribution in [0, 0.1) is 0 Å². The lowest BCUT2D eigenvalue weighted by atomic mass is 10.1. The highest BCUT2D eigenvalue weighted by molar-refractivity contribution is 5.79. The topological polar surface area (TPSA) is 72.7 Å². The monoisotopic (exact) mass is 284 g/mol. The summed E-state index contributed by atoms with van der Waals surface area (Å²) >= 11 is 0. The Balaban J connectivity index is 2.43. The van der Waals surface area contributed by atoms with Crippen LogP contribution in [0.15, 0.2) is 4.99 Å². The van der Waals surface area contributed by atoms with E-state index in [1.807, 2.05) is 0 Å². The predicted molar refractivity (Wildman–Crippen MR) is 77.2 cm³/mol. The van der Waals surface area contributed by atoms with E-state index >= 15 is 0 Å². The lowest BCUT2D eigenvalue weighted by Gasteiger charge is -2.34. The van der Waals surface area contributed by atoms with Gasteiger partial charge in [-0.25, -0.2) is 4.99 Å². The number of nitrogens with zero attached hydrogens (tertiary/aromatic N) is 2. The average Bonchev–Trinajstić information content (AvgIpc) is 2.76. The minimum absolute atomic E-state index is 0.0111. The number of quaternary nitrogens is 1. The number of hydrogen-bond acceptors (Lipinski definition) is 4. The van der Waals surface area contributed by atoms with Gasteiger partial charge in [0.25, 0.3) is 0 Å². The first-order valence-electron chi connectivity index (χ1n) is 7.85. The van der Waals surface area contributed by atoms with Crippen LogP contribution in [0.4, 0.5) is 0 Å². The summed E-state index contributed by atoms with van der Waals surface area (Å²) in [6.45, 7) is 3.91. The van der Waals surface area contributed by atoms with Gasteiger partial charge in [0.2, 0.25) is 0 Å². The van der Waals surface area contributed by atoms with Crippen LogP contribution >= 0.6 is 0 Å². The molecule has 1 N–H and O–H groups in total. The van der Waals surface area contributed by atoms with E-state index in [4.69, 9.17) is 0 Å². The fourth-order valence-electron chi connectivity index (χ4n) is 2.96. The Morgan fingerprint density at radius 2 is 2.00 bits per heavy atom. The zero-order valence-corrected chi connectivity index (χ0v) is 12.6. The Morgan fingerprint density at radius 3 is 2.65 bits per heavy atom. The van der Waals surface area contributed by atoms with Crippen molar-refractivity contribution in [3.05, 3.63) is 0 Å². The van der Waals surface area contributed by atoms with Gasteiger partial charge in [0, 0.05) is 6.42 Å². The van der Waals surface area contributed by atoms with E-state index in [1.54, 1.807) is 0 Å². The van der Waals surface area contributed by atoms with Crippen LogP contribution in [0.1, 0.15) is 51.9 Å². The summed E-state index contributed by atoms with van der Waals surface area (Å²) in [4.78, 5) is 15.4. The third kappa shape index (κ3) is 5.21. The highest BCUT2D eigenvalue weighted by Crippen LogP contribution is 2.19. The molecular formula is C15H28N2O3. The van der Waals surface area contributed by atoms with Gasteiger partial charge in [0.15, 0.2) is 5.84 Å². The summed E-state index contributed by atoms with van der Waals surface area (Å²) in [5.74, 6) is -0.116. The van der Waals surface area contributed by atoms with E-state index in [1.165, 1.54) is 32.1 Å². The Bertz CT molecular complexity index is 331. The molecule has 0 saturated carbocycles. The minimum atomic E-state index is -1.06. The zero-order chi connectivity index (χ0) is 14.8. The Morgan fingerprint density at radius 1 is 1.30 bits per heavy atom. The van der Waals surface area contributed by atoms with Gasteiger partial charge in [-0.2, -0.15) is 0 Å². The zero-order valence-electron chi connectivity index (χ0n) is 12.6. The van der Waals surface area contributed by atoms with Gasteiger partial charge >= 0.3 is 0 Å². The fraction of sp³-hybridized carbons (Fsp3) is 0.867. The van der Waals surface area contributed by atoms with Crippen molar-refractivity contribution in [2.24, 2.45) is 4.99 Å². The number of amidine groups is 1. The molecule has 0 aromatic heterocycles. The number of carboxylic acid groups (broad SMARTS) is 1. The summed E-state index contributed by atoms with van der Waals surface area (Å²) in [7, 11) is 0. The molecule has 0 radical (unpaired) electrons. The predicted octanol–water partition coefficient (Wildman–Crippen LogP) is 0.708. The average molecular weight is 284 g/mol. The van der Waals surface area contributed by atoms with Crippen molar-refractivity contribution >= 4 is 11.8 Å². The van der Waals surface area contributed by atoms with Crippen molar-refractivity contribution in [3.63, 3.8) is 0 Å². The number of rotatable bonds is 11. The molecule has 116 valence electrons.